The number of aliphatic hydroxyl groups excluding tert-OH is 2. The normalized spacial score (nSPS) is 10.4. The van der Waals surface area contributed by atoms with Crippen molar-refractivity contribution < 1.29 is 23.8 Å². The molecular formula is C11H14F2N2O3. The third kappa shape index (κ3) is 3.14. The number of nitrogens with zero attached hydrogens (tertiary/aromatic N) is 1. The summed E-state index contributed by atoms with van der Waals surface area (Å²) >= 11 is 0. The predicted molar refractivity (Wildman–Crippen MR) is 60.8 cm³/mol. The Hall–Kier alpha value is -1.73. The number of amides is 1. The molecule has 0 fully saturated rings. The summed E-state index contributed by atoms with van der Waals surface area (Å²) in [4.78, 5) is 13.0. The van der Waals surface area contributed by atoms with Gasteiger partial charge in [0.1, 0.15) is 0 Å². The second-order valence-electron chi connectivity index (χ2n) is 3.59. The fourth-order valence-corrected chi connectivity index (χ4v) is 1.47. The molecule has 1 aromatic carbocycles. The van der Waals surface area contributed by atoms with Crippen LogP contribution in [0.5, 0.6) is 0 Å². The van der Waals surface area contributed by atoms with Gasteiger partial charge in [-0.05, 0) is 6.07 Å². The van der Waals surface area contributed by atoms with E-state index < -0.39 is 17.5 Å². The van der Waals surface area contributed by atoms with Gasteiger partial charge >= 0.3 is 0 Å². The summed E-state index contributed by atoms with van der Waals surface area (Å²) in [7, 11) is 0. The number of rotatable bonds is 5. The van der Waals surface area contributed by atoms with Crippen LogP contribution >= 0.6 is 0 Å². The van der Waals surface area contributed by atoms with Crippen LogP contribution in [0, 0.1) is 11.6 Å². The van der Waals surface area contributed by atoms with Crippen LogP contribution in [0.4, 0.5) is 14.5 Å². The minimum atomic E-state index is -1.18. The first kappa shape index (κ1) is 14.3. The molecule has 18 heavy (non-hydrogen) atoms. The summed E-state index contributed by atoms with van der Waals surface area (Å²) in [5, 5.41) is 17.6. The van der Waals surface area contributed by atoms with E-state index in [2.05, 4.69) is 0 Å². The molecule has 100 valence electrons. The molecule has 0 spiro atoms. The number of carbonyl (C=O) groups excluding carboxylic acids is 1. The van der Waals surface area contributed by atoms with Crippen molar-refractivity contribution in [2.45, 2.75) is 0 Å². The number of aliphatic hydroxyl groups is 2. The quantitative estimate of drug-likeness (QED) is 0.649. The first-order chi connectivity index (χ1) is 8.51. The minimum Gasteiger partial charge on any atom is -0.398 e. The zero-order valence-corrected chi connectivity index (χ0v) is 9.57. The molecule has 0 saturated carbocycles. The van der Waals surface area contributed by atoms with E-state index in [0.717, 1.165) is 11.0 Å². The van der Waals surface area contributed by atoms with Crippen LogP contribution in [0.2, 0.25) is 0 Å². The third-order valence-corrected chi connectivity index (χ3v) is 2.35. The van der Waals surface area contributed by atoms with Crippen molar-refractivity contribution in [2.24, 2.45) is 0 Å². The maximum Gasteiger partial charge on any atom is 0.256 e. The van der Waals surface area contributed by atoms with Gasteiger partial charge in [-0.3, -0.25) is 4.79 Å². The highest BCUT2D eigenvalue weighted by Gasteiger charge is 2.19. The van der Waals surface area contributed by atoms with Crippen molar-refractivity contribution in [1.82, 2.24) is 4.90 Å². The molecular weight excluding hydrogens is 246 g/mol. The van der Waals surface area contributed by atoms with Crippen LogP contribution in [0.25, 0.3) is 0 Å². The second kappa shape index (κ2) is 6.27. The Morgan fingerprint density at radius 2 is 1.67 bits per heavy atom. The number of nitrogens with two attached hydrogens (primary N) is 1. The van der Waals surface area contributed by atoms with Crippen LogP contribution in [0.1, 0.15) is 10.4 Å². The van der Waals surface area contributed by atoms with E-state index in [1.807, 2.05) is 0 Å². The van der Waals surface area contributed by atoms with Gasteiger partial charge in [0.05, 0.1) is 18.8 Å². The molecule has 0 bridgehead atoms. The molecule has 0 unspecified atom stereocenters. The van der Waals surface area contributed by atoms with Gasteiger partial charge < -0.3 is 20.8 Å². The summed E-state index contributed by atoms with van der Waals surface area (Å²) in [5.41, 5.74) is 5.05. The predicted octanol–water partition coefficient (Wildman–Crippen LogP) is -0.0262. The maximum atomic E-state index is 13.1. The fourth-order valence-electron chi connectivity index (χ4n) is 1.47. The van der Waals surface area contributed by atoms with Gasteiger partial charge in [-0.1, -0.05) is 0 Å². The van der Waals surface area contributed by atoms with Crippen LogP contribution in [0.3, 0.4) is 0 Å². The largest absolute Gasteiger partial charge is 0.398 e. The molecule has 0 saturated heterocycles. The number of carbonyl (C=O) groups is 1. The molecule has 0 radical (unpaired) electrons. The lowest BCUT2D eigenvalue weighted by Gasteiger charge is -2.21. The first-order valence-corrected chi connectivity index (χ1v) is 5.26. The zero-order chi connectivity index (χ0) is 13.7. The molecule has 0 aliphatic heterocycles. The summed E-state index contributed by atoms with van der Waals surface area (Å²) in [5.74, 6) is -2.99. The average molecular weight is 260 g/mol. The maximum absolute atomic E-state index is 13.1. The molecule has 0 aliphatic carbocycles. The lowest BCUT2D eigenvalue weighted by molar-refractivity contribution is 0.0685. The van der Waals surface area contributed by atoms with Gasteiger partial charge in [0, 0.05) is 24.8 Å². The van der Waals surface area contributed by atoms with Gasteiger partial charge in [0.15, 0.2) is 11.6 Å². The standard InChI is InChI=1S/C11H14F2N2O3/c12-8-5-7(10(14)6-9(8)13)11(18)15(1-3-16)2-4-17/h5-6,16-17H,1-4,14H2. The molecule has 5 nitrogen and oxygen atoms in total. The average Bonchev–Trinajstić information content (AvgIpc) is 2.33. The van der Waals surface area contributed by atoms with Crippen LogP contribution in [-0.4, -0.2) is 47.3 Å². The zero-order valence-electron chi connectivity index (χ0n) is 9.57. The van der Waals surface area contributed by atoms with E-state index in [0.29, 0.717) is 6.07 Å². The van der Waals surface area contributed by atoms with E-state index in [1.54, 1.807) is 0 Å². The molecule has 1 amide bonds. The number of benzene rings is 1. The lowest BCUT2D eigenvalue weighted by Crippen LogP contribution is -2.36. The minimum absolute atomic E-state index is 0.0299. The number of hydrogen-bond donors (Lipinski definition) is 3. The van der Waals surface area contributed by atoms with Gasteiger partial charge in [0.2, 0.25) is 0 Å². The number of anilines is 1. The van der Waals surface area contributed by atoms with Gasteiger partial charge in [-0.2, -0.15) is 0 Å². The van der Waals surface area contributed by atoms with Crippen molar-refractivity contribution in [3.63, 3.8) is 0 Å². The number of hydrogen-bond acceptors (Lipinski definition) is 4. The van der Waals surface area contributed by atoms with E-state index >= 15 is 0 Å². The first-order valence-electron chi connectivity index (χ1n) is 5.26. The van der Waals surface area contributed by atoms with Crippen molar-refractivity contribution in [3.8, 4) is 0 Å². The van der Waals surface area contributed by atoms with Gasteiger partial charge in [-0.15, -0.1) is 0 Å². The van der Waals surface area contributed by atoms with E-state index in [9.17, 15) is 13.6 Å². The monoisotopic (exact) mass is 260 g/mol. The molecule has 0 aliphatic rings. The van der Waals surface area contributed by atoms with E-state index in [1.165, 1.54) is 0 Å². The highest BCUT2D eigenvalue weighted by molar-refractivity contribution is 5.99. The molecule has 0 heterocycles. The van der Waals surface area contributed by atoms with Crippen LogP contribution < -0.4 is 5.73 Å². The number of halogens is 2. The SMILES string of the molecule is Nc1cc(F)c(F)cc1C(=O)N(CCO)CCO. The van der Waals surface area contributed by atoms with E-state index in [4.69, 9.17) is 15.9 Å². The number of nitrogen functional groups attached to an aromatic ring is 1. The molecule has 7 heteroatoms. The van der Waals surface area contributed by atoms with Crippen molar-refractivity contribution >= 4 is 11.6 Å². The van der Waals surface area contributed by atoms with Gasteiger partial charge in [-0.25, -0.2) is 8.78 Å². The Kier molecular flexibility index (Phi) is 4.99. The summed E-state index contributed by atoms with van der Waals surface area (Å²) in [6.07, 6.45) is 0. The molecule has 1 aromatic rings. The summed E-state index contributed by atoms with van der Waals surface area (Å²) in [6.45, 7) is -0.680. The highest BCUT2D eigenvalue weighted by Crippen LogP contribution is 2.18. The van der Waals surface area contributed by atoms with E-state index in [-0.39, 0.29) is 37.6 Å². The molecule has 1 rings (SSSR count). The van der Waals surface area contributed by atoms with Crippen molar-refractivity contribution in [1.29, 1.82) is 0 Å². The third-order valence-electron chi connectivity index (χ3n) is 2.35. The summed E-state index contributed by atoms with van der Waals surface area (Å²) < 4.78 is 25.9. The lowest BCUT2D eigenvalue weighted by atomic mass is 10.1. The molecule has 0 atom stereocenters. The van der Waals surface area contributed by atoms with Gasteiger partial charge in [0.25, 0.3) is 5.91 Å². The highest BCUT2D eigenvalue weighted by atomic mass is 19.2. The Morgan fingerprint density at radius 1 is 1.17 bits per heavy atom. The Labute approximate surface area is 102 Å². The Balaban J connectivity index is 3.04. The Bertz CT molecular complexity index is 435. The molecule has 4 N–H and O–H groups in total. The fraction of sp³-hybridized carbons (Fsp3) is 0.364. The topological polar surface area (TPSA) is 86.8 Å². The van der Waals surface area contributed by atoms with Crippen molar-refractivity contribution in [2.75, 3.05) is 32.0 Å². The van der Waals surface area contributed by atoms with Crippen LogP contribution in [-0.2, 0) is 0 Å². The van der Waals surface area contributed by atoms with Crippen molar-refractivity contribution in [3.05, 3.63) is 29.3 Å². The summed E-state index contributed by atoms with van der Waals surface area (Å²) in [6, 6.07) is 1.42. The van der Waals surface area contributed by atoms with Crippen LogP contribution in [0.15, 0.2) is 12.1 Å². The Morgan fingerprint density at radius 3 is 2.17 bits per heavy atom. The molecule has 0 aromatic heterocycles. The second-order valence-corrected chi connectivity index (χ2v) is 3.59. The smallest absolute Gasteiger partial charge is 0.256 e.